The Balaban J connectivity index is 2.00. The summed E-state index contributed by atoms with van der Waals surface area (Å²) in [4.78, 5) is 8.55. The van der Waals surface area contributed by atoms with Gasteiger partial charge in [0, 0.05) is 17.8 Å². The molecule has 0 aromatic carbocycles. The van der Waals surface area contributed by atoms with E-state index in [9.17, 15) is 0 Å². The highest BCUT2D eigenvalue weighted by atomic mass is 16.4. The lowest BCUT2D eigenvalue weighted by atomic mass is 10.3. The first-order chi connectivity index (χ1) is 9.17. The van der Waals surface area contributed by atoms with E-state index in [0.717, 1.165) is 11.4 Å². The summed E-state index contributed by atoms with van der Waals surface area (Å²) in [6.07, 6.45) is 4.22. The second kappa shape index (κ2) is 4.34. The average molecular weight is 258 g/mol. The highest BCUT2D eigenvalue weighted by Crippen LogP contribution is 2.38. The summed E-state index contributed by atoms with van der Waals surface area (Å²) < 4.78 is 1.62. The number of oxime groups is 1. The number of nitrogens with two attached hydrogens (primary N) is 1. The smallest absolute Gasteiger partial charge is 0.251 e. The Bertz CT molecular complexity index is 643. The second-order valence-corrected chi connectivity index (χ2v) is 4.64. The minimum atomic E-state index is -0.0404. The van der Waals surface area contributed by atoms with Crippen molar-refractivity contribution < 1.29 is 5.21 Å². The van der Waals surface area contributed by atoms with Crippen LogP contribution in [0.1, 0.15) is 35.8 Å². The lowest BCUT2D eigenvalue weighted by molar-refractivity contribution is 0.318. The van der Waals surface area contributed by atoms with Crippen molar-refractivity contribution >= 4 is 5.84 Å². The largest absolute Gasteiger partial charge is 0.409 e. The molecule has 0 atom stereocenters. The maximum absolute atomic E-state index is 8.71. The molecule has 0 amide bonds. The fraction of sp³-hybridized carbons (Fsp3) is 0.333. The van der Waals surface area contributed by atoms with E-state index in [1.54, 1.807) is 10.7 Å². The van der Waals surface area contributed by atoms with Gasteiger partial charge in [-0.1, -0.05) is 5.16 Å². The van der Waals surface area contributed by atoms with E-state index in [1.165, 1.54) is 12.8 Å². The lowest BCUT2D eigenvalue weighted by Crippen LogP contribution is -2.17. The average Bonchev–Trinajstić information content (AvgIpc) is 3.14. The molecule has 0 saturated heterocycles. The minimum absolute atomic E-state index is 0.0404. The Morgan fingerprint density at radius 1 is 1.47 bits per heavy atom. The Morgan fingerprint density at radius 3 is 2.95 bits per heavy atom. The molecule has 2 aromatic heterocycles. The van der Waals surface area contributed by atoms with E-state index in [0.29, 0.717) is 17.6 Å². The first-order valence-electron chi connectivity index (χ1n) is 6.07. The Kier molecular flexibility index (Phi) is 2.66. The van der Waals surface area contributed by atoms with Gasteiger partial charge in [0.05, 0.1) is 5.69 Å². The van der Waals surface area contributed by atoms with Crippen LogP contribution in [0.25, 0.3) is 5.95 Å². The van der Waals surface area contributed by atoms with Gasteiger partial charge in [0.15, 0.2) is 5.84 Å². The van der Waals surface area contributed by atoms with Crippen LogP contribution in [0.2, 0.25) is 0 Å². The SMILES string of the molecule is Cc1cc(/C(N)=N/O)nc(-n2ccc(C3CC3)n2)n1. The van der Waals surface area contributed by atoms with E-state index >= 15 is 0 Å². The molecule has 7 heteroatoms. The molecule has 19 heavy (non-hydrogen) atoms. The predicted octanol–water partition coefficient (Wildman–Crippen LogP) is 0.943. The molecule has 1 aliphatic carbocycles. The highest BCUT2D eigenvalue weighted by Gasteiger charge is 2.26. The fourth-order valence-electron chi connectivity index (χ4n) is 1.88. The molecule has 3 N–H and O–H groups in total. The van der Waals surface area contributed by atoms with E-state index in [-0.39, 0.29) is 5.84 Å². The van der Waals surface area contributed by atoms with Gasteiger partial charge >= 0.3 is 0 Å². The minimum Gasteiger partial charge on any atom is -0.409 e. The van der Waals surface area contributed by atoms with Crippen LogP contribution in [-0.4, -0.2) is 30.8 Å². The van der Waals surface area contributed by atoms with Gasteiger partial charge < -0.3 is 10.9 Å². The lowest BCUT2D eigenvalue weighted by Gasteiger charge is -2.04. The summed E-state index contributed by atoms with van der Waals surface area (Å²) in [7, 11) is 0. The van der Waals surface area contributed by atoms with Gasteiger partial charge in [-0.15, -0.1) is 0 Å². The zero-order chi connectivity index (χ0) is 13.4. The van der Waals surface area contributed by atoms with Gasteiger partial charge in [-0.25, -0.2) is 14.6 Å². The molecule has 1 fully saturated rings. The maximum Gasteiger partial charge on any atom is 0.251 e. The number of amidine groups is 1. The monoisotopic (exact) mass is 258 g/mol. The summed E-state index contributed by atoms with van der Waals surface area (Å²) in [6.45, 7) is 1.82. The van der Waals surface area contributed by atoms with Crippen LogP contribution in [0, 0.1) is 6.92 Å². The molecular formula is C12H14N6O. The van der Waals surface area contributed by atoms with Crippen LogP contribution < -0.4 is 5.73 Å². The van der Waals surface area contributed by atoms with Gasteiger partial charge in [0.2, 0.25) is 0 Å². The van der Waals surface area contributed by atoms with Crippen molar-refractivity contribution in [1.82, 2.24) is 19.7 Å². The van der Waals surface area contributed by atoms with Crippen LogP contribution >= 0.6 is 0 Å². The van der Waals surface area contributed by atoms with E-state index < -0.39 is 0 Å². The summed E-state index contributed by atoms with van der Waals surface area (Å²) in [6, 6.07) is 3.64. The molecule has 98 valence electrons. The van der Waals surface area contributed by atoms with Crippen molar-refractivity contribution in [3.63, 3.8) is 0 Å². The van der Waals surface area contributed by atoms with Gasteiger partial charge in [-0.2, -0.15) is 5.10 Å². The van der Waals surface area contributed by atoms with Crippen molar-refractivity contribution in [3.8, 4) is 5.95 Å². The zero-order valence-electron chi connectivity index (χ0n) is 10.5. The van der Waals surface area contributed by atoms with Crippen molar-refractivity contribution in [3.05, 3.63) is 35.4 Å². The van der Waals surface area contributed by atoms with E-state index in [4.69, 9.17) is 10.9 Å². The summed E-state index contributed by atoms with van der Waals surface area (Å²) in [5, 5.41) is 16.1. The Morgan fingerprint density at radius 2 is 2.26 bits per heavy atom. The van der Waals surface area contributed by atoms with Gasteiger partial charge in [-0.05, 0) is 31.9 Å². The van der Waals surface area contributed by atoms with Crippen LogP contribution in [-0.2, 0) is 0 Å². The number of rotatable bonds is 3. The van der Waals surface area contributed by atoms with Crippen molar-refractivity contribution in [1.29, 1.82) is 0 Å². The summed E-state index contributed by atoms with van der Waals surface area (Å²) in [5.74, 6) is 0.962. The van der Waals surface area contributed by atoms with Crippen molar-refractivity contribution in [2.45, 2.75) is 25.7 Å². The number of aryl methyl sites for hydroxylation is 1. The quantitative estimate of drug-likeness (QED) is 0.369. The number of hydrogen-bond acceptors (Lipinski definition) is 5. The third-order valence-electron chi connectivity index (χ3n) is 3.02. The molecule has 3 rings (SSSR count). The molecule has 0 aliphatic heterocycles. The summed E-state index contributed by atoms with van der Waals surface area (Å²) >= 11 is 0. The molecular weight excluding hydrogens is 244 g/mol. The standard InChI is InChI=1S/C12H14N6O/c1-7-6-10(11(13)17-19)15-12(14-7)18-5-4-9(16-18)8-2-3-8/h4-6,8,19H,2-3H2,1H3,(H2,13,17). The molecule has 1 aliphatic rings. The number of nitrogens with zero attached hydrogens (tertiary/aromatic N) is 5. The fourth-order valence-corrected chi connectivity index (χ4v) is 1.88. The van der Waals surface area contributed by atoms with Gasteiger partial charge in [-0.3, -0.25) is 0 Å². The van der Waals surface area contributed by atoms with Crippen LogP contribution in [0.15, 0.2) is 23.5 Å². The number of hydrogen-bond donors (Lipinski definition) is 2. The normalized spacial score (nSPS) is 15.7. The topological polar surface area (TPSA) is 102 Å². The Hall–Kier alpha value is -2.44. The summed E-state index contributed by atoms with van der Waals surface area (Å²) in [5.41, 5.74) is 7.73. The molecule has 7 nitrogen and oxygen atoms in total. The van der Waals surface area contributed by atoms with Crippen molar-refractivity contribution in [2.24, 2.45) is 10.9 Å². The Labute approximate surface area is 109 Å². The third-order valence-corrected chi connectivity index (χ3v) is 3.02. The molecule has 2 aromatic rings. The molecule has 0 unspecified atom stereocenters. The predicted molar refractivity (Wildman–Crippen MR) is 68.4 cm³/mol. The molecule has 2 heterocycles. The van der Waals surface area contributed by atoms with E-state index in [1.807, 2.05) is 19.2 Å². The van der Waals surface area contributed by atoms with Gasteiger partial charge in [0.1, 0.15) is 5.69 Å². The highest BCUT2D eigenvalue weighted by molar-refractivity contribution is 5.95. The molecule has 0 radical (unpaired) electrons. The van der Waals surface area contributed by atoms with Gasteiger partial charge in [0.25, 0.3) is 5.95 Å². The van der Waals surface area contributed by atoms with Crippen LogP contribution in [0.4, 0.5) is 0 Å². The molecule has 0 spiro atoms. The maximum atomic E-state index is 8.71. The third kappa shape index (κ3) is 2.26. The molecule has 1 saturated carbocycles. The first kappa shape index (κ1) is 11.6. The molecule has 0 bridgehead atoms. The first-order valence-corrected chi connectivity index (χ1v) is 6.07. The van der Waals surface area contributed by atoms with Crippen LogP contribution in [0.5, 0.6) is 0 Å². The van der Waals surface area contributed by atoms with E-state index in [2.05, 4.69) is 20.2 Å². The van der Waals surface area contributed by atoms with Crippen LogP contribution in [0.3, 0.4) is 0 Å². The number of aromatic nitrogens is 4. The van der Waals surface area contributed by atoms with Crippen molar-refractivity contribution in [2.75, 3.05) is 0 Å². The second-order valence-electron chi connectivity index (χ2n) is 4.64. The zero-order valence-corrected chi connectivity index (χ0v) is 10.5.